The molecule has 4 nitrogen and oxygen atoms in total. The topological polar surface area (TPSA) is 52.6 Å². The average molecular weight is 294 g/mol. The van der Waals surface area contributed by atoms with Gasteiger partial charge in [-0.05, 0) is 30.0 Å². The van der Waals surface area contributed by atoms with E-state index < -0.39 is 5.60 Å². The molecule has 1 aliphatic heterocycles. The lowest BCUT2D eigenvalue weighted by Crippen LogP contribution is -2.65. The van der Waals surface area contributed by atoms with Gasteiger partial charge in [0.2, 0.25) is 5.91 Å². The maximum atomic E-state index is 13.4. The first-order valence-electron chi connectivity index (χ1n) is 7.26. The molecule has 21 heavy (non-hydrogen) atoms. The Hall–Kier alpha value is -1.46. The first-order valence-corrected chi connectivity index (χ1v) is 7.26. The zero-order valence-electron chi connectivity index (χ0n) is 12.8. The third-order valence-corrected chi connectivity index (χ3v) is 4.16. The number of hydrogen-bond acceptors (Lipinski definition) is 3. The van der Waals surface area contributed by atoms with E-state index in [1.54, 1.807) is 19.1 Å². The highest BCUT2D eigenvalue weighted by Gasteiger charge is 2.43. The number of aryl methyl sites for hydroxylation is 1. The summed E-state index contributed by atoms with van der Waals surface area (Å²) in [5.74, 6) is -0.180. The summed E-state index contributed by atoms with van der Waals surface area (Å²) in [5.41, 5.74) is 0.674. The molecule has 1 aromatic carbocycles. The number of likely N-dealkylation sites (tertiary alicyclic amines) is 1. The minimum absolute atomic E-state index is 0.109. The number of nitrogens with one attached hydrogen (secondary N) is 1. The lowest BCUT2D eigenvalue weighted by Gasteiger charge is -2.48. The minimum Gasteiger partial charge on any atom is -0.387 e. The summed E-state index contributed by atoms with van der Waals surface area (Å²) in [6, 6.07) is 4.95. The molecule has 1 aliphatic rings. The van der Waals surface area contributed by atoms with Gasteiger partial charge in [0.05, 0.1) is 12.1 Å². The molecular weight excluding hydrogens is 271 g/mol. The number of carbonyl (C=O) groups excluding carboxylic acids is 1. The molecule has 0 unspecified atom stereocenters. The van der Waals surface area contributed by atoms with E-state index in [-0.39, 0.29) is 24.2 Å². The Morgan fingerprint density at radius 3 is 2.71 bits per heavy atom. The number of nitrogens with zero attached hydrogens (tertiary/aromatic N) is 1. The second-order valence-corrected chi connectivity index (χ2v) is 6.26. The predicted molar refractivity (Wildman–Crippen MR) is 79.2 cm³/mol. The summed E-state index contributed by atoms with van der Waals surface area (Å²) in [5, 5.41) is 12.9. The van der Waals surface area contributed by atoms with Crippen molar-refractivity contribution in [3.63, 3.8) is 0 Å². The van der Waals surface area contributed by atoms with Gasteiger partial charge in [-0.25, -0.2) is 4.39 Å². The highest BCUT2D eigenvalue weighted by Crippen LogP contribution is 2.27. The largest absolute Gasteiger partial charge is 0.387 e. The Morgan fingerprint density at radius 1 is 1.48 bits per heavy atom. The molecule has 0 aromatic heterocycles. The van der Waals surface area contributed by atoms with Crippen molar-refractivity contribution >= 4 is 5.91 Å². The van der Waals surface area contributed by atoms with Gasteiger partial charge in [0.1, 0.15) is 5.82 Å². The number of amides is 1. The van der Waals surface area contributed by atoms with Gasteiger partial charge in [-0.1, -0.05) is 26.0 Å². The van der Waals surface area contributed by atoms with Crippen molar-refractivity contribution in [2.75, 3.05) is 19.6 Å². The van der Waals surface area contributed by atoms with E-state index in [2.05, 4.69) is 5.32 Å². The van der Waals surface area contributed by atoms with Crippen molar-refractivity contribution in [3.8, 4) is 0 Å². The summed E-state index contributed by atoms with van der Waals surface area (Å²) in [4.78, 5) is 13.7. The first kappa shape index (κ1) is 15.9. The standard InChI is InChI=1S/C16H23FN2O2/c1-11(2)16(21)9-19(10-16)8-15(20)18-7-13-5-4-12(3)14(17)6-13/h4-6,11,21H,7-10H2,1-3H3,(H,18,20). The molecule has 116 valence electrons. The van der Waals surface area contributed by atoms with Gasteiger partial charge in [0.15, 0.2) is 0 Å². The van der Waals surface area contributed by atoms with Crippen LogP contribution < -0.4 is 5.32 Å². The van der Waals surface area contributed by atoms with E-state index in [1.165, 1.54) is 6.07 Å². The molecule has 5 heteroatoms. The molecule has 0 aliphatic carbocycles. The van der Waals surface area contributed by atoms with Crippen molar-refractivity contribution in [2.45, 2.75) is 32.9 Å². The van der Waals surface area contributed by atoms with Gasteiger partial charge in [-0.2, -0.15) is 0 Å². The monoisotopic (exact) mass is 294 g/mol. The fourth-order valence-electron chi connectivity index (χ4n) is 2.41. The van der Waals surface area contributed by atoms with E-state index in [0.29, 0.717) is 25.2 Å². The SMILES string of the molecule is Cc1ccc(CNC(=O)CN2CC(O)(C(C)C)C2)cc1F. The molecular formula is C16H23FN2O2. The van der Waals surface area contributed by atoms with E-state index >= 15 is 0 Å². The summed E-state index contributed by atoms with van der Waals surface area (Å²) >= 11 is 0. The van der Waals surface area contributed by atoms with Gasteiger partial charge < -0.3 is 10.4 Å². The van der Waals surface area contributed by atoms with Crippen molar-refractivity contribution < 1.29 is 14.3 Å². The van der Waals surface area contributed by atoms with Crippen molar-refractivity contribution in [2.24, 2.45) is 5.92 Å². The van der Waals surface area contributed by atoms with Crippen LogP contribution in [-0.4, -0.2) is 41.1 Å². The van der Waals surface area contributed by atoms with Gasteiger partial charge in [0.25, 0.3) is 0 Å². The van der Waals surface area contributed by atoms with Crippen LogP contribution in [0.2, 0.25) is 0 Å². The van der Waals surface area contributed by atoms with E-state index in [9.17, 15) is 14.3 Å². The van der Waals surface area contributed by atoms with E-state index in [0.717, 1.165) is 5.56 Å². The Balaban J connectivity index is 1.75. The number of halogens is 1. The lowest BCUT2D eigenvalue weighted by atomic mass is 9.83. The third kappa shape index (κ3) is 3.80. The zero-order valence-corrected chi connectivity index (χ0v) is 12.8. The Bertz CT molecular complexity index is 525. The number of carbonyl (C=O) groups is 1. The lowest BCUT2D eigenvalue weighted by molar-refractivity contribution is -0.142. The van der Waals surface area contributed by atoms with Gasteiger partial charge >= 0.3 is 0 Å². The predicted octanol–water partition coefficient (Wildman–Crippen LogP) is 1.45. The quantitative estimate of drug-likeness (QED) is 0.864. The number of hydrogen-bond donors (Lipinski definition) is 2. The average Bonchev–Trinajstić information content (AvgIpc) is 2.38. The molecule has 1 amide bonds. The van der Waals surface area contributed by atoms with Crippen molar-refractivity contribution in [3.05, 3.63) is 35.1 Å². The van der Waals surface area contributed by atoms with E-state index in [1.807, 2.05) is 18.7 Å². The maximum Gasteiger partial charge on any atom is 0.234 e. The minimum atomic E-state index is -0.666. The third-order valence-electron chi connectivity index (χ3n) is 4.16. The van der Waals surface area contributed by atoms with Gasteiger partial charge in [-0.15, -0.1) is 0 Å². The Kier molecular flexibility index (Phi) is 4.64. The van der Waals surface area contributed by atoms with Crippen LogP contribution in [0.4, 0.5) is 4.39 Å². The molecule has 0 radical (unpaired) electrons. The first-order chi connectivity index (χ1) is 9.80. The number of rotatable bonds is 5. The molecule has 1 heterocycles. The molecule has 1 saturated heterocycles. The number of β-amino-alcohol motifs (C(OH)–C–C–N with tert-alkyl or cyclic N) is 1. The molecule has 0 bridgehead atoms. The highest BCUT2D eigenvalue weighted by molar-refractivity contribution is 5.78. The number of aliphatic hydroxyl groups is 1. The molecule has 0 saturated carbocycles. The summed E-state index contributed by atoms with van der Waals surface area (Å²) < 4.78 is 13.4. The van der Waals surface area contributed by atoms with Crippen molar-refractivity contribution in [1.29, 1.82) is 0 Å². The van der Waals surface area contributed by atoms with Crippen LogP contribution in [0.15, 0.2) is 18.2 Å². The smallest absolute Gasteiger partial charge is 0.234 e. The van der Waals surface area contributed by atoms with Crippen molar-refractivity contribution in [1.82, 2.24) is 10.2 Å². The Morgan fingerprint density at radius 2 is 2.14 bits per heavy atom. The van der Waals surface area contributed by atoms with Crippen LogP contribution in [0, 0.1) is 18.7 Å². The highest BCUT2D eigenvalue weighted by atomic mass is 19.1. The summed E-state index contributed by atoms with van der Waals surface area (Å²) in [6.07, 6.45) is 0. The normalized spacial score (nSPS) is 17.6. The fraction of sp³-hybridized carbons (Fsp3) is 0.562. The fourth-order valence-corrected chi connectivity index (χ4v) is 2.41. The van der Waals surface area contributed by atoms with Crippen LogP contribution in [0.3, 0.4) is 0 Å². The van der Waals surface area contributed by atoms with Gasteiger partial charge in [0, 0.05) is 19.6 Å². The molecule has 0 spiro atoms. The van der Waals surface area contributed by atoms with Crippen LogP contribution >= 0.6 is 0 Å². The maximum absolute atomic E-state index is 13.4. The number of benzene rings is 1. The second kappa shape index (κ2) is 6.12. The molecule has 1 fully saturated rings. The molecule has 0 atom stereocenters. The summed E-state index contributed by atoms with van der Waals surface area (Å²) in [7, 11) is 0. The summed E-state index contributed by atoms with van der Waals surface area (Å²) in [6.45, 7) is 7.29. The van der Waals surface area contributed by atoms with Crippen LogP contribution in [-0.2, 0) is 11.3 Å². The Labute approximate surface area is 125 Å². The second-order valence-electron chi connectivity index (χ2n) is 6.26. The molecule has 2 rings (SSSR count). The molecule has 2 N–H and O–H groups in total. The zero-order chi connectivity index (χ0) is 15.6. The van der Waals surface area contributed by atoms with Crippen LogP contribution in [0.1, 0.15) is 25.0 Å². The van der Waals surface area contributed by atoms with E-state index in [4.69, 9.17) is 0 Å². The van der Waals surface area contributed by atoms with Crippen LogP contribution in [0.25, 0.3) is 0 Å². The van der Waals surface area contributed by atoms with Crippen LogP contribution in [0.5, 0.6) is 0 Å². The molecule has 1 aromatic rings. The van der Waals surface area contributed by atoms with Gasteiger partial charge in [-0.3, -0.25) is 9.69 Å².